The number of carbonyl (C=O) groups excluding carboxylic acids is 1. The Balaban J connectivity index is 2.22. The largest absolute Gasteiger partial charge is 0.302 e. The van der Waals surface area contributed by atoms with Gasteiger partial charge >= 0.3 is 0 Å². The Morgan fingerprint density at radius 3 is 2.65 bits per heavy atom. The molecule has 2 aromatic rings. The van der Waals surface area contributed by atoms with E-state index in [2.05, 4.69) is 0 Å². The van der Waals surface area contributed by atoms with Crippen molar-refractivity contribution in [3.8, 4) is 0 Å². The number of aldehydes is 1. The average molecular weight is 261 g/mol. The molecule has 1 atom stereocenters. The molecule has 1 aliphatic heterocycles. The first-order valence-corrected chi connectivity index (χ1v) is 6.50. The van der Waals surface area contributed by atoms with E-state index >= 15 is 0 Å². The molecule has 1 unspecified atom stereocenters. The van der Waals surface area contributed by atoms with E-state index in [1.807, 2.05) is 42.5 Å². The van der Waals surface area contributed by atoms with E-state index in [4.69, 9.17) is 11.6 Å². The molecule has 3 rings (SSSR count). The first-order chi connectivity index (χ1) is 8.29. The molecule has 1 nitrogen and oxygen atoms in total. The van der Waals surface area contributed by atoms with Gasteiger partial charge in [-0.05, 0) is 35.4 Å². The second-order valence-corrected chi connectivity index (χ2v) is 5.46. The summed E-state index contributed by atoms with van der Waals surface area (Å²) in [5.41, 5.74) is 2.08. The van der Waals surface area contributed by atoms with Crippen molar-refractivity contribution >= 4 is 29.6 Å². The number of hydrogen-bond acceptors (Lipinski definition) is 2. The molecule has 2 aromatic carbocycles. The highest BCUT2D eigenvalue weighted by Crippen LogP contribution is 2.45. The van der Waals surface area contributed by atoms with Crippen molar-refractivity contribution in [2.24, 2.45) is 0 Å². The fourth-order valence-corrected chi connectivity index (χ4v) is 3.44. The smallest absolute Gasteiger partial charge is 0.131 e. The summed E-state index contributed by atoms with van der Waals surface area (Å²) >= 11 is 7.69. The van der Waals surface area contributed by atoms with Gasteiger partial charge in [-0.3, -0.25) is 0 Å². The number of halogens is 1. The van der Waals surface area contributed by atoms with E-state index in [-0.39, 0.29) is 5.92 Å². The molecule has 1 heterocycles. The van der Waals surface area contributed by atoms with Gasteiger partial charge in [-0.25, -0.2) is 0 Å². The molecule has 3 heteroatoms. The molecule has 0 aliphatic carbocycles. The minimum atomic E-state index is -0.193. The summed E-state index contributed by atoms with van der Waals surface area (Å²) in [6, 6.07) is 13.7. The van der Waals surface area contributed by atoms with Crippen molar-refractivity contribution in [1.82, 2.24) is 0 Å². The Morgan fingerprint density at radius 1 is 1.06 bits per heavy atom. The second-order valence-electron chi connectivity index (χ2n) is 3.94. The molecular weight excluding hydrogens is 252 g/mol. The molecule has 1 aliphatic rings. The monoisotopic (exact) mass is 260 g/mol. The maximum absolute atomic E-state index is 11.3. The predicted octanol–water partition coefficient (Wildman–Crippen LogP) is 4.14. The lowest BCUT2D eigenvalue weighted by molar-refractivity contribution is -0.108. The van der Waals surface area contributed by atoms with E-state index in [9.17, 15) is 4.79 Å². The van der Waals surface area contributed by atoms with Gasteiger partial charge in [0, 0.05) is 14.8 Å². The highest BCUT2D eigenvalue weighted by Gasteiger charge is 2.25. The fraction of sp³-hybridized carbons (Fsp3) is 0.0714. The van der Waals surface area contributed by atoms with Crippen molar-refractivity contribution in [3.05, 3.63) is 58.6 Å². The van der Waals surface area contributed by atoms with E-state index in [1.165, 1.54) is 0 Å². The van der Waals surface area contributed by atoms with Gasteiger partial charge in [0.1, 0.15) is 6.29 Å². The van der Waals surface area contributed by atoms with E-state index in [1.54, 1.807) is 11.8 Å². The van der Waals surface area contributed by atoms with Crippen LogP contribution in [0.25, 0.3) is 0 Å². The van der Waals surface area contributed by atoms with Gasteiger partial charge in [-0.1, -0.05) is 41.6 Å². The Bertz CT molecular complexity index is 595. The van der Waals surface area contributed by atoms with Gasteiger partial charge in [0.05, 0.1) is 5.92 Å². The van der Waals surface area contributed by atoms with Crippen LogP contribution in [0.5, 0.6) is 0 Å². The molecule has 17 heavy (non-hydrogen) atoms. The van der Waals surface area contributed by atoms with Crippen LogP contribution in [0, 0.1) is 0 Å². The van der Waals surface area contributed by atoms with Crippen LogP contribution in [0.3, 0.4) is 0 Å². The SMILES string of the molecule is O=CC1c2ccccc2Sc2ccc(Cl)cc21. The first kappa shape index (κ1) is 10.9. The molecule has 0 N–H and O–H groups in total. The van der Waals surface area contributed by atoms with Gasteiger partial charge in [-0.2, -0.15) is 0 Å². The zero-order valence-electron chi connectivity index (χ0n) is 8.89. The van der Waals surface area contributed by atoms with Crippen molar-refractivity contribution in [1.29, 1.82) is 0 Å². The summed E-state index contributed by atoms with van der Waals surface area (Å²) in [6.07, 6.45) is 0.994. The summed E-state index contributed by atoms with van der Waals surface area (Å²) in [6.45, 7) is 0. The topological polar surface area (TPSA) is 17.1 Å². The molecule has 84 valence electrons. The van der Waals surface area contributed by atoms with Crippen LogP contribution < -0.4 is 0 Å². The maximum atomic E-state index is 11.3. The lowest BCUT2D eigenvalue weighted by Crippen LogP contribution is -2.09. The number of rotatable bonds is 1. The third-order valence-corrected chi connectivity index (χ3v) is 4.34. The summed E-state index contributed by atoms with van der Waals surface area (Å²) in [5, 5.41) is 0.676. The minimum Gasteiger partial charge on any atom is -0.302 e. The third-order valence-electron chi connectivity index (χ3n) is 2.92. The zero-order valence-corrected chi connectivity index (χ0v) is 10.5. The zero-order chi connectivity index (χ0) is 11.8. The van der Waals surface area contributed by atoms with Gasteiger partial charge in [0.15, 0.2) is 0 Å². The molecule has 0 saturated carbocycles. The van der Waals surface area contributed by atoms with Crippen LogP contribution in [0.4, 0.5) is 0 Å². The summed E-state index contributed by atoms with van der Waals surface area (Å²) in [5.74, 6) is -0.193. The molecule has 0 amide bonds. The predicted molar refractivity (Wildman–Crippen MR) is 69.9 cm³/mol. The van der Waals surface area contributed by atoms with Crippen LogP contribution in [0.2, 0.25) is 5.02 Å². The fourth-order valence-electron chi connectivity index (χ4n) is 2.12. The quantitative estimate of drug-likeness (QED) is 0.717. The van der Waals surface area contributed by atoms with Gasteiger partial charge in [0.25, 0.3) is 0 Å². The van der Waals surface area contributed by atoms with Crippen molar-refractivity contribution in [3.63, 3.8) is 0 Å². The Kier molecular flexibility index (Phi) is 2.69. The molecule has 0 radical (unpaired) electrons. The standard InChI is InChI=1S/C14H9ClOS/c15-9-5-6-14-11(7-9)12(8-16)10-3-1-2-4-13(10)17-14/h1-8,12H. The van der Waals surface area contributed by atoms with Crippen LogP contribution >= 0.6 is 23.4 Å². The number of fused-ring (bicyclic) bond motifs is 2. The number of carbonyl (C=O) groups is 1. The Labute approximate surface area is 109 Å². The summed E-state index contributed by atoms with van der Waals surface area (Å²) in [4.78, 5) is 13.6. The maximum Gasteiger partial charge on any atom is 0.131 e. The third kappa shape index (κ3) is 1.78. The molecular formula is C14H9ClOS. The van der Waals surface area contributed by atoms with Crippen LogP contribution in [0.1, 0.15) is 17.0 Å². The highest BCUT2D eigenvalue weighted by atomic mass is 35.5. The second kappa shape index (κ2) is 4.21. The average Bonchev–Trinajstić information content (AvgIpc) is 2.36. The number of benzene rings is 2. The van der Waals surface area contributed by atoms with Crippen molar-refractivity contribution in [2.75, 3.05) is 0 Å². The van der Waals surface area contributed by atoms with Crippen molar-refractivity contribution in [2.45, 2.75) is 15.7 Å². The number of hydrogen-bond donors (Lipinski definition) is 0. The van der Waals surface area contributed by atoms with Crippen LogP contribution in [0.15, 0.2) is 52.3 Å². The van der Waals surface area contributed by atoms with Crippen LogP contribution in [-0.4, -0.2) is 6.29 Å². The first-order valence-electron chi connectivity index (χ1n) is 5.31. The lowest BCUT2D eigenvalue weighted by atomic mass is 9.92. The van der Waals surface area contributed by atoms with Crippen molar-refractivity contribution < 1.29 is 4.79 Å². The van der Waals surface area contributed by atoms with Gasteiger partial charge in [-0.15, -0.1) is 0 Å². The van der Waals surface area contributed by atoms with E-state index < -0.39 is 0 Å². The van der Waals surface area contributed by atoms with Gasteiger partial charge in [0.2, 0.25) is 0 Å². The van der Waals surface area contributed by atoms with Gasteiger partial charge < -0.3 is 4.79 Å². The minimum absolute atomic E-state index is 0.193. The Morgan fingerprint density at radius 2 is 1.82 bits per heavy atom. The molecule has 0 bridgehead atoms. The lowest BCUT2D eigenvalue weighted by Gasteiger charge is -2.24. The molecule has 0 spiro atoms. The molecule has 0 aromatic heterocycles. The molecule has 0 fully saturated rings. The highest BCUT2D eigenvalue weighted by molar-refractivity contribution is 7.99. The summed E-state index contributed by atoms with van der Waals surface area (Å²) in [7, 11) is 0. The summed E-state index contributed by atoms with van der Waals surface area (Å²) < 4.78 is 0. The normalized spacial score (nSPS) is 17.1. The van der Waals surface area contributed by atoms with Crippen LogP contribution in [-0.2, 0) is 4.79 Å². The molecule has 0 saturated heterocycles. The Hall–Kier alpha value is -1.25. The van der Waals surface area contributed by atoms with E-state index in [0.717, 1.165) is 27.2 Å². The van der Waals surface area contributed by atoms with E-state index in [0.29, 0.717) is 5.02 Å².